The molecule has 3 aromatic heterocycles. The molecule has 0 N–H and O–H groups in total. The first-order chi connectivity index (χ1) is 17.0. The maximum absolute atomic E-state index is 12.3. The number of carbonyl (C=O) groups excluding carboxylic acids is 1. The number of benzene rings is 1. The lowest BCUT2D eigenvalue weighted by Gasteiger charge is -2.32. The van der Waals surface area contributed by atoms with E-state index < -0.39 is 0 Å². The van der Waals surface area contributed by atoms with Crippen LogP contribution in [0.4, 0.5) is 5.95 Å². The fourth-order valence-electron chi connectivity index (χ4n) is 4.78. The zero-order valence-electron chi connectivity index (χ0n) is 20.7. The van der Waals surface area contributed by atoms with Crippen LogP contribution in [-0.2, 0) is 12.8 Å². The molecule has 0 spiro atoms. The number of pyridine rings is 1. The molecule has 4 aromatic rings. The number of amides is 1. The molecule has 180 valence electrons. The van der Waals surface area contributed by atoms with E-state index in [0.717, 1.165) is 61.4 Å². The Morgan fingerprint density at radius 2 is 1.71 bits per heavy atom. The minimum atomic E-state index is 0.00915. The van der Waals surface area contributed by atoms with Crippen molar-refractivity contribution in [3.63, 3.8) is 0 Å². The van der Waals surface area contributed by atoms with Crippen molar-refractivity contribution in [2.45, 2.75) is 32.6 Å². The van der Waals surface area contributed by atoms with Gasteiger partial charge in [0.1, 0.15) is 5.82 Å². The number of hydrogen-bond acceptors (Lipinski definition) is 5. The molecule has 4 heterocycles. The van der Waals surface area contributed by atoms with Gasteiger partial charge >= 0.3 is 0 Å². The van der Waals surface area contributed by atoms with Gasteiger partial charge in [-0.2, -0.15) is 0 Å². The van der Waals surface area contributed by atoms with Crippen molar-refractivity contribution in [1.29, 1.82) is 0 Å². The first kappa shape index (κ1) is 23.0. The van der Waals surface area contributed by atoms with Crippen molar-refractivity contribution in [3.8, 4) is 5.82 Å². The highest BCUT2D eigenvalue weighted by molar-refractivity contribution is 5.98. The molecule has 1 saturated heterocycles. The predicted molar refractivity (Wildman–Crippen MR) is 139 cm³/mol. The minimum absolute atomic E-state index is 0.00915. The van der Waals surface area contributed by atoms with E-state index in [1.165, 1.54) is 11.1 Å². The summed E-state index contributed by atoms with van der Waals surface area (Å²) in [6.07, 6.45) is 12.2. The van der Waals surface area contributed by atoms with Crippen LogP contribution in [0.3, 0.4) is 0 Å². The number of piperidine rings is 1. The van der Waals surface area contributed by atoms with Gasteiger partial charge < -0.3 is 14.4 Å². The molecule has 0 atom stereocenters. The highest BCUT2D eigenvalue weighted by Crippen LogP contribution is 2.25. The van der Waals surface area contributed by atoms with E-state index in [4.69, 9.17) is 4.98 Å². The lowest BCUT2D eigenvalue weighted by molar-refractivity contribution is 0.0828. The van der Waals surface area contributed by atoms with Crippen molar-refractivity contribution in [3.05, 3.63) is 77.9 Å². The van der Waals surface area contributed by atoms with Crippen molar-refractivity contribution in [1.82, 2.24) is 24.4 Å². The summed E-state index contributed by atoms with van der Waals surface area (Å²) >= 11 is 0. The van der Waals surface area contributed by atoms with Crippen LogP contribution in [0.15, 0.2) is 61.2 Å². The number of carbonyl (C=O) groups is 1. The van der Waals surface area contributed by atoms with Gasteiger partial charge in [0.25, 0.3) is 5.91 Å². The van der Waals surface area contributed by atoms with Crippen LogP contribution in [0.2, 0.25) is 0 Å². The Bertz CT molecular complexity index is 1300. The third-order valence-corrected chi connectivity index (χ3v) is 6.92. The van der Waals surface area contributed by atoms with Crippen LogP contribution in [0.1, 0.15) is 41.3 Å². The van der Waals surface area contributed by atoms with Gasteiger partial charge in [0.2, 0.25) is 5.95 Å². The second-order valence-corrected chi connectivity index (χ2v) is 9.56. The van der Waals surface area contributed by atoms with E-state index in [0.29, 0.717) is 11.5 Å². The van der Waals surface area contributed by atoms with Crippen LogP contribution in [0.5, 0.6) is 0 Å². The highest BCUT2D eigenvalue weighted by atomic mass is 16.2. The van der Waals surface area contributed by atoms with E-state index in [-0.39, 0.29) is 5.91 Å². The summed E-state index contributed by atoms with van der Waals surface area (Å²) in [6.45, 7) is 4.11. The Hall–Kier alpha value is -3.74. The van der Waals surface area contributed by atoms with Crippen LogP contribution in [0.25, 0.3) is 16.7 Å². The van der Waals surface area contributed by atoms with Crippen LogP contribution < -0.4 is 4.90 Å². The number of rotatable bonds is 6. The zero-order valence-corrected chi connectivity index (χ0v) is 20.7. The number of fused-ring (bicyclic) bond motifs is 1. The third kappa shape index (κ3) is 4.90. The predicted octanol–water partition coefficient (Wildman–Crippen LogP) is 4.54. The molecule has 1 aliphatic rings. The Morgan fingerprint density at radius 3 is 2.37 bits per heavy atom. The van der Waals surface area contributed by atoms with E-state index in [9.17, 15) is 4.79 Å². The van der Waals surface area contributed by atoms with Gasteiger partial charge in [0.05, 0.1) is 5.52 Å². The van der Waals surface area contributed by atoms with Crippen LogP contribution >= 0.6 is 0 Å². The highest BCUT2D eigenvalue weighted by Gasteiger charge is 2.21. The summed E-state index contributed by atoms with van der Waals surface area (Å²) in [5.74, 6) is 2.39. The molecule has 1 fully saturated rings. The van der Waals surface area contributed by atoms with Gasteiger partial charge in [-0.3, -0.25) is 4.79 Å². The average molecular weight is 469 g/mol. The van der Waals surface area contributed by atoms with Gasteiger partial charge in [0, 0.05) is 62.9 Å². The Balaban J connectivity index is 1.22. The standard InChI is InChI=1S/C28H32N6O/c1-4-20-17-30-28(31-18-20)33-12-9-21(10-13-33)15-22-5-8-26(29-19-22)34-14-11-23-16-24(6-7-25(23)34)27(35)32(2)3/h5-8,11,14,16-19,21H,4,9-10,12-13,15H2,1-3H3. The summed E-state index contributed by atoms with van der Waals surface area (Å²) in [5, 5.41) is 1.03. The minimum Gasteiger partial charge on any atom is -0.345 e. The molecule has 0 bridgehead atoms. The molecule has 1 aromatic carbocycles. The number of nitrogens with zero attached hydrogens (tertiary/aromatic N) is 6. The molecule has 1 aliphatic heterocycles. The molecule has 35 heavy (non-hydrogen) atoms. The maximum atomic E-state index is 12.3. The molecule has 1 amide bonds. The summed E-state index contributed by atoms with van der Waals surface area (Å²) in [5.41, 5.74) is 4.18. The van der Waals surface area contributed by atoms with Gasteiger partial charge in [0.15, 0.2) is 0 Å². The molecule has 7 heteroatoms. The largest absolute Gasteiger partial charge is 0.345 e. The van der Waals surface area contributed by atoms with Gasteiger partial charge in [-0.1, -0.05) is 13.0 Å². The first-order valence-electron chi connectivity index (χ1n) is 12.4. The van der Waals surface area contributed by atoms with Gasteiger partial charge in [-0.15, -0.1) is 0 Å². The van der Waals surface area contributed by atoms with E-state index >= 15 is 0 Å². The second kappa shape index (κ2) is 9.86. The summed E-state index contributed by atoms with van der Waals surface area (Å²) in [7, 11) is 3.54. The number of hydrogen-bond donors (Lipinski definition) is 0. The van der Waals surface area contributed by atoms with Crippen LogP contribution in [0, 0.1) is 5.92 Å². The lowest BCUT2D eigenvalue weighted by atomic mass is 9.91. The second-order valence-electron chi connectivity index (χ2n) is 9.56. The van der Waals surface area contributed by atoms with Gasteiger partial charge in [-0.05, 0) is 73.1 Å². The first-order valence-corrected chi connectivity index (χ1v) is 12.4. The molecular formula is C28H32N6O. The fourth-order valence-corrected chi connectivity index (χ4v) is 4.78. The molecule has 0 radical (unpaired) electrons. The normalized spacial score (nSPS) is 14.4. The average Bonchev–Trinajstić information content (AvgIpc) is 3.32. The summed E-state index contributed by atoms with van der Waals surface area (Å²) in [6, 6.07) is 12.1. The topological polar surface area (TPSA) is 67.2 Å². The van der Waals surface area contributed by atoms with Gasteiger partial charge in [-0.25, -0.2) is 15.0 Å². The number of aromatic nitrogens is 4. The Labute approximate surface area is 206 Å². The fraction of sp³-hybridized carbons (Fsp3) is 0.357. The van der Waals surface area contributed by atoms with Crippen molar-refractivity contribution in [2.75, 3.05) is 32.1 Å². The molecule has 0 saturated carbocycles. The Kier molecular flexibility index (Phi) is 6.49. The van der Waals surface area contributed by atoms with Crippen molar-refractivity contribution >= 4 is 22.8 Å². The van der Waals surface area contributed by atoms with E-state index in [1.807, 2.05) is 49.1 Å². The molecule has 7 nitrogen and oxygen atoms in total. The quantitative estimate of drug-likeness (QED) is 0.416. The lowest BCUT2D eigenvalue weighted by Crippen LogP contribution is -2.35. The SMILES string of the molecule is CCc1cnc(N2CCC(Cc3ccc(-n4ccc5cc(C(=O)N(C)C)ccc54)nc3)CC2)nc1. The monoisotopic (exact) mass is 468 g/mol. The molecule has 0 aliphatic carbocycles. The molecular weight excluding hydrogens is 436 g/mol. The number of aryl methyl sites for hydroxylation is 1. The smallest absolute Gasteiger partial charge is 0.253 e. The third-order valence-electron chi connectivity index (χ3n) is 6.92. The van der Waals surface area contributed by atoms with Crippen molar-refractivity contribution in [2.24, 2.45) is 5.92 Å². The van der Waals surface area contributed by atoms with E-state index in [2.05, 4.69) is 38.5 Å². The Morgan fingerprint density at radius 1 is 0.971 bits per heavy atom. The zero-order chi connectivity index (χ0) is 24.4. The maximum Gasteiger partial charge on any atom is 0.253 e. The van der Waals surface area contributed by atoms with Crippen LogP contribution in [-0.4, -0.2) is 57.5 Å². The summed E-state index contributed by atoms with van der Waals surface area (Å²) < 4.78 is 2.07. The molecule has 5 rings (SSSR count). The van der Waals surface area contributed by atoms with E-state index in [1.54, 1.807) is 19.0 Å². The number of anilines is 1. The molecule has 0 unspecified atom stereocenters. The van der Waals surface area contributed by atoms with Crippen molar-refractivity contribution < 1.29 is 4.79 Å². The summed E-state index contributed by atoms with van der Waals surface area (Å²) in [4.78, 5) is 30.0.